The summed E-state index contributed by atoms with van der Waals surface area (Å²) >= 11 is 0.0435. The van der Waals surface area contributed by atoms with Crippen LogP contribution >= 0.6 is 0 Å². The molecule has 0 amide bonds. The molecule has 4 heteroatoms. The van der Waals surface area contributed by atoms with Crippen LogP contribution in [0.15, 0.2) is 60.7 Å². The summed E-state index contributed by atoms with van der Waals surface area (Å²) in [5.74, 6) is -0.323. The van der Waals surface area contributed by atoms with Crippen molar-refractivity contribution < 1.29 is 14.6 Å². The number of cyclic esters (lactones) is 1. The summed E-state index contributed by atoms with van der Waals surface area (Å²) in [4.78, 5) is 11.6. The number of aliphatic hydroxyl groups is 1. The van der Waals surface area contributed by atoms with Gasteiger partial charge in [-0.1, -0.05) is 0 Å². The average Bonchev–Trinajstić information content (AvgIpc) is 2.51. The predicted molar refractivity (Wildman–Crippen MR) is 81.5 cm³/mol. The van der Waals surface area contributed by atoms with Gasteiger partial charge >= 0.3 is 130 Å². The van der Waals surface area contributed by atoms with Crippen LogP contribution in [0.1, 0.15) is 18.1 Å². The van der Waals surface area contributed by atoms with Crippen LogP contribution in [0.4, 0.5) is 0 Å². The number of rotatable bonds is 3. The minimum atomic E-state index is -0.642. The predicted octanol–water partition coefficient (Wildman–Crippen LogP) is 1.85. The second-order valence-corrected chi connectivity index (χ2v) is 7.61. The van der Waals surface area contributed by atoms with Crippen LogP contribution in [-0.4, -0.2) is 32.1 Å². The molecule has 0 unspecified atom stereocenters. The van der Waals surface area contributed by atoms with E-state index in [1.165, 1.54) is 4.46 Å². The Morgan fingerprint density at radius 1 is 1.00 bits per heavy atom. The molecule has 0 aromatic heterocycles. The van der Waals surface area contributed by atoms with Crippen molar-refractivity contribution in [3.63, 3.8) is 0 Å². The maximum absolute atomic E-state index is 11.7. The number of ether oxygens (including phenoxy) is 1. The van der Waals surface area contributed by atoms with Gasteiger partial charge < -0.3 is 0 Å². The van der Waals surface area contributed by atoms with E-state index in [0.717, 1.165) is 5.56 Å². The van der Waals surface area contributed by atoms with E-state index >= 15 is 0 Å². The molecule has 0 saturated carbocycles. The van der Waals surface area contributed by atoms with E-state index in [-0.39, 0.29) is 38.3 Å². The first-order chi connectivity index (χ1) is 10.2. The zero-order valence-electron chi connectivity index (χ0n) is 11.4. The fraction of sp³-hybridized carbons (Fsp3) is 0.235. The summed E-state index contributed by atoms with van der Waals surface area (Å²) < 4.78 is 6.75. The van der Waals surface area contributed by atoms with Crippen LogP contribution in [0.25, 0.3) is 0 Å². The molecule has 3 rings (SSSR count). The fourth-order valence-corrected chi connectivity index (χ4v) is 5.00. The Labute approximate surface area is 130 Å². The number of benzene rings is 2. The van der Waals surface area contributed by atoms with Crippen molar-refractivity contribution >= 4 is 25.4 Å². The molecule has 1 aliphatic rings. The monoisotopic (exact) mass is 348 g/mol. The number of carbonyl (C=O) groups excluding carboxylic acids is 1. The van der Waals surface area contributed by atoms with Gasteiger partial charge in [0.05, 0.1) is 0 Å². The van der Waals surface area contributed by atoms with E-state index < -0.39 is 6.10 Å². The molecule has 1 N–H and O–H groups in total. The molecule has 3 atom stereocenters. The van der Waals surface area contributed by atoms with Gasteiger partial charge in [-0.3, -0.25) is 0 Å². The Bertz CT molecular complexity index is 600. The third kappa shape index (κ3) is 3.35. The standard InChI is InChI=1S/C17H16O3Se/c18-14-11-15(19)20-16(12-7-3-1-4-8-12)17(14)21-13-9-5-2-6-10-13/h1-10,14,16-18H,11H2/t14-,16+,17+/m0/s1. The van der Waals surface area contributed by atoms with Crippen molar-refractivity contribution in [1.82, 2.24) is 0 Å². The molecule has 0 bridgehead atoms. The molecule has 3 nitrogen and oxygen atoms in total. The quantitative estimate of drug-likeness (QED) is 0.681. The summed E-state index contributed by atoms with van der Waals surface area (Å²) in [5, 5.41) is 10.3. The minimum absolute atomic E-state index is 0.0435. The third-order valence-electron chi connectivity index (χ3n) is 3.46. The first-order valence-electron chi connectivity index (χ1n) is 6.88. The SMILES string of the molecule is O=C1C[C@H](O)[C@@H]([Se]c2ccccc2)[C@@H](c2ccccc2)O1. The molecule has 1 fully saturated rings. The van der Waals surface area contributed by atoms with Crippen LogP contribution in [0.2, 0.25) is 4.82 Å². The molecule has 0 spiro atoms. The summed E-state index contributed by atoms with van der Waals surface area (Å²) in [5.41, 5.74) is 0.951. The van der Waals surface area contributed by atoms with Gasteiger partial charge in [-0.05, 0) is 0 Å². The topological polar surface area (TPSA) is 46.5 Å². The van der Waals surface area contributed by atoms with Crippen molar-refractivity contribution in [3.05, 3.63) is 66.2 Å². The summed E-state index contributed by atoms with van der Waals surface area (Å²) in [6.07, 6.45) is -0.915. The summed E-state index contributed by atoms with van der Waals surface area (Å²) in [7, 11) is 0. The normalized spacial score (nSPS) is 25.4. The number of esters is 1. The van der Waals surface area contributed by atoms with Gasteiger partial charge in [0.25, 0.3) is 0 Å². The van der Waals surface area contributed by atoms with Crippen molar-refractivity contribution in [1.29, 1.82) is 0 Å². The molecular weight excluding hydrogens is 331 g/mol. The Kier molecular flexibility index (Phi) is 4.39. The molecule has 21 heavy (non-hydrogen) atoms. The fourth-order valence-electron chi connectivity index (χ4n) is 2.44. The van der Waals surface area contributed by atoms with Gasteiger partial charge in [0.2, 0.25) is 0 Å². The first-order valence-corrected chi connectivity index (χ1v) is 8.73. The molecule has 1 saturated heterocycles. The van der Waals surface area contributed by atoms with Gasteiger partial charge in [-0.25, -0.2) is 0 Å². The maximum atomic E-state index is 11.7. The van der Waals surface area contributed by atoms with E-state index in [4.69, 9.17) is 4.74 Å². The number of hydrogen-bond donors (Lipinski definition) is 1. The molecule has 1 aliphatic heterocycles. The Morgan fingerprint density at radius 2 is 1.62 bits per heavy atom. The first kappa shape index (κ1) is 14.3. The molecule has 2 aromatic carbocycles. The number of carbonyl (C=O) groups is 1. The average molecular weight is 347 g/mol. The Hall–Kier alpha value is -1.61. The third-order valence-corrected chi connectivity index (χ3v) is 6.35. The van der Waals surface area contributed by atoms with Crippen molar-refractivity contribution in [3.8, 4) is 0 Å². The van der Waals surface area contributed by atoms with Gasteiger partial charge in [0.1, 0.15) is 0 Å². The van der Waals surface area contributed by atoms with Crippen LogP contribution in [0, 0.1) is 0 Å². The van der Waals surface area contributed by atoms with E-state index in [2.05, 4.69) is 12.1 Å². The number of aliphatic hydroxyl groups excluding tert-OH is 1. The molecule has 1 heterocycles. The Balaban J connectivity index is 1.88. The van der Waals surface area contributed by atoms with Crippen LogP contribution in [0.3, 0.4) is 0 Å². The molecule has 2 aromatic rings. The summed E-state index contributed by atoms with van der Waals surface area (Å²) in [6, 6.07) is 19.8. The van der Waals surface area contributed by atoms with E-state index in [1.807, 2.05) is 48.5 Å². The van der Waals surface area contributed by atoms with Gasteiger partial charge in [-0.15, -0.1) is 0 Å². The van der Waals surface area contributed by atoms with Crippen molar-refractivity contribution in [2.45, 2.75) is 23.4 Å². The molecule has 0 aliphatic carbocycles. The second-order valence-electron chi connectivity index (χ2n) is 4.99. The molecule has 0 radical (unpaired) electrons. The molecule has 108 valence electrons. The van der Waals surface area contributed by atoms with Gasteiger partial charge in [-0.2, -0.15) is 0 Å². The van der Waals surface area contributed by atoms with E-state index in [9.17, 15) is 9.90 Å². The number of hydrogen-bond acceptors (Lipinski definition) is 3. The van der Waals surface area contributed by atoms with Gasteiger partial charge in [0, 0.05) is 0 Å². The van der Waals surface area contributed by atoms with E-state index in [1.54, 1.807) is 0 Å². The van der Waals surface area contributed by atoms with Crippen molar-refractivity contribution in [2.24, 2.45) is 0 Å². The summed E-state index contributed by atoms with van der Waals surface area (Å²) in [6.45, 7) is 0. The zero-order valence-corrected chi connectivity index (χ0v) is 13.1. The zero-order chi connectivity index (χ0) is 14.7. The Morgan fingerprint density at radius 3 is 2.29 bits per heavy atom. The van der Waals surface area contributed by atoms with Crippen molar-refractivity contribution in [2.75, 3.05) is 0 Å². The van der Waals surface area contributed by atoms with E-state index in [0.29, 0.717) is 0 Å². The molecular formula is C17H16O3Se. The van der Waals surface area contributed by atoms with Gasteiger partial charge in [0.15, 0.2) is 0 Å². The van der Waals surface area contributed by atoms with Crippen LogP contribution in [-0.2, 0) is 9.53 Å². The second kappa shape index (κ2) is 6.44. The van der Waals surface area contributed by atoms with Crippen LogP contribution in [0.5, 0.6) is 0 Å². The van der Waals surface area contributed by atoms with Crippen LogP contribution < -0.4 is 4.46 Å².